The summed E-state index contributed by atoms with van der Waals surface area (Å²) in [6, 6.07) is 6.10. The van der Waals surface area contributed by atoms with E-state index in [2.05, 4.69) is 32.0 Å². The van der Waals surface area contributed by atoms with Crippen molar-refractivity contribution in [2.75, 3.05) is 44.1 Å². The van der Waals surface area contributed by atoms with Gasteiger partial charge in [-0.2, -0.15) is 0 Å². The number of aromatic nitrogens is 2. The van der Waals surface area contributed by atoms with Gasteiger partial charge in [-0.1, -0.05) is 0 Å². The number of rotatable bonds is 6. The molecule has 2 bridgehead atoms. The van der Waals surface area contributed by atoms with E-state index in [0.717, 1.165) is 36.6 Å². The molecule has 3 saturated heterocycles. The van der Waals surface area contributed by atoms with Gasteiger partial charge in [0.05, 0.1) is 20.8 Å². The van der Waals surface area contributed by atoms with Crippen LogP contribution in [0, 0.1) is 13.8 Å². The van der Waals surface area contributed by atoms with Gasteiger partial charge in [0.2, 0.25) is 5.91 Å². The number of amides is 1. The van der Waals surface area contributed by atoms with E-state index in [-0.39, 0.29) is 5.91 Å². The summed E-state index contributed by atoms with van der Waals surface area (Å²) >= 11 is 0. The number of benzene rings is 1. The van der Waals surface area contributed by atoms with Crippen LogP contribution in [0.15, 0.2) is 24.5 Å². The number of carbonyl (C=O) groups is 1. The summed E-state index contributed by atoms with van der Waals surface area (Å²) in [5.41, 5.74) is 2.81. The monoisotopic (exact) mass is 397 g/mol. The number of methoxy groups -OCH3 is 2. The molecule has 2 atom stereocenters. The molecule has 1 aromatic heterocycles. The Kier molecular flexibility index (Phi) is 5.27. The quantitative estimate of drug-likeness (QED) is 0.799. The van der Waals surface area contributed by atoms with Gasteiger partial charge in [0, 0.05) is 60.3 Å². The van der Waals surface area contributed by atoms with E-state index in [9.17, 15) is 4.79 Å². The van der Waals surface area contributed by atoms with Gasteiger partial charge in [0.25, 0.3) is 0 Å². The van der Waals surface area contributed by atoms with Crippen LogP contribution in [0.3, 0.4) is 0 Å². The first-order chi connectivity index (χ1) is 14.0. The summed E-state index contributed by atoms with van der Waals surface area (Å²) in [6.07, 6.45) is 2.76. The van der Waals surface area contributed by atoms with Crippen molar-refractivity contribution in [3.05, 3.63) is 35.8 Å². The largest absolute Gasteiger partial charge is 0.497 e. The summed E-state index contributed by atoms with van der Waals surface area (Å²) in [6.45, 7) is 6.22. The highest BCUT2D eigenvalue weighted by molar-refractivity contribution is 5.92. The number of nitrogens with one attached hydrogen (secondary N) is 1. The Balaban J connectivity index is 1.37. The highest BCUT2D eigenvalue weighted by Gasteiger charge is 2.45. The number of aryl methyl sites for hydroxylation is 1. The van der Waals surface area contributed by atoms with Gasteiger partial charge in [0.1, 0.15) is 23.6 Å². The molecule has 1 aromatic carbocycles. The van der Waals surface area contributed by atoms with Crippen molar-refractivity contribution in [2.45, 2.75) is 32.4 Å². The first-order valence-corrected chi connectivity index (χ1v) is 9.80. The molecule has 29 heavy (non-hydrogen) atoms. The van der Waals surface area contributed by atoms with Crippen LogP contribution in [-0.2, 0) is 4.79 Å². The minimum atomic E-state index is -0.0301. The molecule has 3 aliphatic rings. The van der Waals surface area contributed by atoms with Crippen LogP contribution >= 0.6 is 0 Å². The maximum atomic E-state index is 12.6. The van der Waals surface area contributed by atoms with E-state index in [4.69, 9.17) is 9.47 Å². The number of hydrogen-bond acceptors (Lipinski definition) is 7. The Morgan fingerprint density at radius 2 is 1.76 bits per heavy atom. The third-order valence-electron chi connectivity index (χ3n) is 5.91. The van der Waals surface area contributed by atoms with E-state index < -0.39 is 0 Å². The number of piperazine rings is 1. The van der Waals surface area contributed by atoms with Crippen LogP contribution in [0.5, 0.6) is 11.5 Å². The van der Waals surface area contributed by atoms with Gasteiger partial charge in [-0.25, -0.2) is 9.97 Å². The summed E-state index contributed by atoms with van der Waals surface area (Å²) in [7, 11) is 3.18. The molecular weight excluding hydrogens is 370 g/mol. The molecule has 8 nitrogen and oxygen atoms in total. The van der Waals surface area contributed by atoms with Crippen molar-refractivity contribution in [1.82, 2.24) is 14.9 Å². The Bertz CT molecular complexity index is 885. The number of fused-ring (bicyclic) bond motifs is 2. The Morgan fingerprint density at radius 1 is 1.10 bits per heavy atom. The number of carbonyl (C=O) groups excluding carboxylic acids is 1. The number of piperidine rings is 1. The lowest BCUT2D eigenvalue weighted by Gasteiger charge is -2.56. The molecule has 8 heteroatoms. The maximum Gasteiger partial charge on any atom is 0.238 e. The number of anilines is 2. The van der Waals surface area contributed by atoms with Crippen LogP contribution in [0.2, 0.25) is 0 Å². The molecule has 0 spiro atoms. The van der Waals surface area contributed by atoms with Crippen molar-refractivity contribution in [1.29, 1.82) is 0 Å². The maximum absolute atomic E-state index is 12.6. The third kappa shape index (κ3) is 3.85. The van der Waals surface area contributed by atoms with E-state index in [1.807, 2.05) is 6.92 Å². The summed E-state index contributed by atoms with van der Waals surface area (Å²) in [5, 5.41) is 2.96. The zero-order chi connectivity index (χ0) is 20.5. The molecule has 2 aromatic rings. The lowest BCUT2D eigenvalue weighted by atomic mass is 9.87. The van der Waals surface area contributed by atoms with Crippen LogP contribution in [0.25, 0.3) is 0 Å². The molecule has 0 radical (unpaired) electrons. The smallest absolute Gasteiger partial charge is 0.238 e. The van der Waals surface area contributed by atoms with E-state index in [0.29, 0.717) is 35.8 Å². The van der Waals surface area contributed by atoms with Crippen LogP contribution in [0.4, 0.5) is 11.5 Å². The fourth-order valence-corrected chi connectivity index (χ4v) is 4.21. The van der Waals surface area contributed by atoms with Crippen LogP contribution in [-0.4, -0.2) is 66.7 Å². The molecule has 1 amide bonds. The summed E-state index contributed by atoms with van der Waals surface area (Å²) < 4.78 is 10.5. The second-order valence-corrected chi connectivity index (χ2v) is 7.68. The molecule has 2 unspecified atom stereocenters. The molecule has 5 rings (SSSR count). The SMILES string of the molecule is COc1cc(NC(=O)CN2C3CC2CN(c2ncnc(C)c2C)C3)cc(OC)c1. The Hall–Kier alpha value is -2.87. The molecule has 154 valence electrons. The van der Waals surface area contributed by atoms with Crippen molar-refractivity contribution in [3.8, 4) is 11.5 Å². The van der Waals surface area contributed by atoms with Crippen LogP contribution < -0.4 is 19.7 Å². The van der Waals surface area contributed by atoms with E-state index in [1.165, 1.54) is 0 Å². The van der Waals surface area contributed by atoms with E-state index in [1.54, 1.807) is 38.7 Å². The van der Waals surface area contributed by atoms with Gasteiger partial charge >= 0.3 is 0 Å². The predicted octanol–water partition coefficient (Wildman–Crippen LogP) is 2.01. The summed E-state index contributed by atoms with van der Waals surface area (Å²) in [5.74, 6) is 2.27. The minimum Gasteiger partial charge on any atom is -0.497 e. The summed E-state index contributed by atoms with van der Waals surface area (Å²) in [4.78, 5) is 26.0. The molecule has 3 aliphatic heterocycles. The lowest BCUT2D eigenvalue weighted by molar-refractivity contribution is -0.121. The standard InChI is InChI=1S/C21H27N5O3/c1-13-14(2)22-12-23-21(13)25-9-16-7-17(10-25)26(16)11-20(27)24-15-5-18(28-3)8-19(6-15)29-4/h5-6,8,12,16-17H,7,9-11H2,1-4H3,(H,24,27). The molecule has 0 saturated carbocycles. The minimum absolute atomic E-state index is 0.0301. The van der Waals surface area contributed by atoms with Gasteiger partial charge in [0.15, 0.2) is 0 Å². The van der Waals surface area contributed by atoms with Crippen molar-refractivity contribution in [2.24, 2.45) is 0 Å². The predicted molar refractivity (Wildman–Crippen MR) is 111 cm³/mol. The van der Waals surface area contributed by atoms with Crippen LogP contribution in [0.1, 0.15) is 17.7 Å². The van der Waals surface area contributed by atoms with E-state index >= 15 is 0 Å². The molecule has 0 aliphatic carbocycles. The number of ether oxygens (including phenoxy) is 2. The van der Waals surface area contributed by atoms with Crippen molar-refractivity contribution < 1.29 is 14.3 Å². The first-order valence-electron chi connectivity index (χ1n) is 9.80. The molecule has 3 fully saturated rings. The fourth-order valence-electron chi connectivity index (χ4n) is 4.21. The zero-order valence-electron chi connectivity index (χ0n) is 17.3. The molecule has 4 heterocycles. The van der Waals surface area contributed by atoms with Gasteiger partial charge in [-0.05, 0) is 20.3 Å². The molecular formula is C21H27N5O3. The molecule has 1 N–H and O–H groups in total. The number of hydrogen-bond donors (Lipinski definition) is 1. The zero-order valence-corrected chi connectivity index (χ0v) is 17.3. The van der Waals surface area contributed by atoms with Crippen molar-refractivity contribution in [3.63, 3.8) is 0 Å². The average molecular weight is 397 g/mol. The highest BCUT2D eigenvalue weighted by Crippen LogP contribution is 2.35. The highest BCUT2D eigenvalue weighted by atomic mass is 16.5. The average Bonchev–Trinajstić information content (AvgIpc) is 2.73. The van der Waals surface area contributed by atoms with Gasteiger partial charge in [-0.15, -0.1) is 0 Å². The first kappa shape index (κ1) is 19.4. The number of nitrogens with zero attached hydrogens (tertiary/aromatic N) is 4. The Morgan fingerprint density at radius 3 is 2.38 bits per heavy atom. The van der Waals surface area contributed by atoms with Crippen molar-refractivity contribution >= 4 is 17.4 Å². The fraction of sp³-hybridized carbons (Fsp3) is 0.476. The van der Waals surface area contributed by atoms with Gasteiger partial charge < -0.3 is 19.7 Å². The Labute approximate surface area is 170 Å². The lowest BCUT2D eigenvalue weighted by Crippen LogP contribution is -2.70. The normalized spacial score (nSPS) is 20.8. The van der Waals surface area contributed by atoms with Gasteiger partial charge in [-0.3, -0.25) is 9.69 Å². The second-order valence-electron chi connectivity index (χ2n) is 7.68. The topological polar surface area (TPSA) is 79.8 Å². The second kappa shape index (κ2) is 7.87. The third-order valence-corrected chi connectivity index (χ3v) is 5.91.